The van der Waals surface area contributed by atoms with Gasteiger partial charge in [0, 0.05) is 54.6 Å². The van der Waals surface area contributed by atoms with Gasteiger partial charge in [0.05, 0.1) is 4.92 Å². The number of nitrogens with zero attached hydrogens (tertiary/aromatic N) is 3. The molecule has 0 atom stereocenters. The monoisotopic (exact) mass is 357 g/mol. The molecule has 3 rings (SSSR count). The zero-order valence-electron chi connectivity index (χ0n) is 15.5. The van der Waals surface area contributed by atoms with Gasteiger partial charge in [0.25, 0.3) is 5.69 Å². The minimum absolute atomic E-state index is 0.0605. The lowest BCUT2D eigenvalue weighted by molar-refractivity contribution is -0.384. The molecule has 0 fully saturated rings. The Bertz CT molecular complexity index is 905. The van der Waals surface area contributed by atoms with Gasteiger partial charge in [-0.1, -0.05) is 0 Å². The Morgan fingerprint density at radius 3 is 2.69 bits per heavy atom. The molecular formula is C19H23N3O4. The van der Waals surface area contributed by atoms with E-state index in [1.165, 1.54) is 6.07 Å². The van der Waals surface area contributed by atoms with Crippen molar-refractivity contribution in [3.63, 3.8) is 0 Å². The molecule has 0 bridgehead atoms. The number of hydrogen-bond donors (Lipinski definition) is 0. The molecule has 7 heteroatoms. The Balaban J connectivity index is 2.01. The predicted molar refractivity (Wildman–Crippen MR) is 99.7 cm³/mol. The van der Waals surface area contributed by atoms with E-state index in [1.54, 1.807) is 17.0 Å². The number of non-ortho nitro benzene ring substituents is 1. The van der Waals surface area contributed by atoms with Crippen LogP contribution in [0.15, 0.2) is 30.6 Å². The number of allylic oxidation sites excluding steroid dienone is 1. The lowest BCUT2D eigenvalue weighted by atomic mass is 9.98. The molecule has 1 amide bonds. The Hall–Kier alpha value is -2.83. The number of aryl methyl sites for hydroxylation is 1. The summed E-state index contributed by atoms with van der Waals surface area (Å²) in [5.74, 6) is 0. The van der Waals surface area contributed by atoms with Crippen molar-refractivity contribution in [3.8, 4) is 0 Å². The highest BCUT2D eigenvalue weighted by atomic mass is 16.6. The van der Waals surface area contributed by atoms with Crippen LogP contribution >= 0.6 is 0 Å². The number of nitro benzene ring substituents is 1. The molecule has 0 spiro atoms. The van der Waals surface area contributed by atoms with E-state index in [0.717, 1.165) is 34.9 Å². The van der Waals surface area contributed by atoms with Crippen LogP contribution in [0.25, 0.3) is 16.5 Å². The summed E-state index contributed by atoms with van der Waals surface area (Å²) >= 11 is 0. The van der Waals surface area contributed by atoms with Crippen molar-refractivity contribution in [1.82, 2.24) is 9.47 Å². The number of carbonyl (C=O) groups is 1. The van der Waals surface area contributed by atoms with Crippen molar-refractivity contribution in [1.29, 1.82) is 0 Å². The molecule has 26 heavy (non-hydrogen) atoms. The summed E-state index contributed by atoms with van der Waals surface area (Å²) in [5, 5.41) is 11.9. The zero-order chi connectivity index (χ0) is 19.1. The van der Waals surface area contributed by atoms with Crippen LogP contribution in [0.1, 0.15) is 39.2 Å². The highest BCUT2D eigenvalue weighted by molar-refractivity contribution is 5.95. The molecule has 1 aliphatic rings. The van der Waals surface area contributed by atoms with Gasteiger partial charge >= 0.3 is 6.09 Å². The molecule has 0 saturated carbocycles. The minimum atomic E-state index is -0.553. The number of fused-ring (bicyclic) bond motifs is 1. The van der Waals surface area contributed by atoms with E-state index in [4.69, 9.17) is 4.74 Å². The second kappa shape index (κ2) is 6.48. The van der Waals surface area contributed by atoms with Crippen LogP contribution in [0, 0.1) is 10.1 Å². The third kappa shape index (κ3) is 3.56. The second-order valence-corrected chi connectivity index (χ2v) is 7.54. The van der Waals surface area contributed by atoms with Crippen LogP contribution in [0.5, 0.6) is 0 Å². The number of benzene rings is 1. The van der Waals surface area contributed by atoms with Crippen LogP contribution in [-0.4, -0.2) is 32.6 Å². The van der Waals surface area contributed by atoms with Gasteiger partial charge in [0.15, 0.2) is 0 Å². The molecule has 2 heterocycles. The number of carbonyl (C=O) groups excluding carboxylic acids is 1. The van der Waals surface area contributed by atoms with Crippen LogP contribution in [0.4, 0.5) is 10.5 Å². The lowest BCUT2D eigenvalue weighted by Crippen LogP contribution is -2.35. The van der Waals surface area contributed by atoms with E-state index in [9.17, 15) is 14.9 Å². The highest BCUT2D eigenvalue weighted by Crippen LogP contribution is 2.34. The molecule has 1 aromatic heterocycles. The number of ether oxygens (including phenoxy) is 1. The van der Waals surface area contributed by atoms with Gasteiger partial charge in [0.2, 0.25) is 0 Å². The van der Waals surface area contributed by atoms with Gasteiger partial charge in [-0.15, -0.1) is 0 Å². The van der Waals surface area contributed by atoms with Gasteiger partial charge in [0.1, 0.15) is 5.60 Å². The summed E-state index contributed by atoms with van der Waals surface area (Å²) in [4.78, 5) is 24.7. The maximum atomic E-state index is 12.4. The highest BCUT2D eigenvalue weighted by Gasteiger charge is 2.25. The number of aromatic nitrogens is 1. The quantitative estimate of drug-likeness (QED) is 0.587. The largest absolute Gasteiger partial charge is 0.443 e. The van der Waals surface area contributed by atoms with Crippen molar-refractivity contribution in [2.24, 2.45) is 7.05 Å². The minimum Gasteiger partial charge on any atom is -0.443 e. The zero-order valence-corrected chi connectivity index (χ0v) is 15.5. The van der Waals surface area contributed by atoms with Gasteiger partial charge in [-0.2, -0.15) is 0 Å². The Morgan fingerprint density at radius 1 is 1.31 bits per heavy atom. The molecule has 0 N–H and O–H groups in total. The summed E-state index contributed by atoms with van der Waals surface area (Å²) in [6.07, 6.45) is 5.02. The predicted octanol–water partition coefficient (Wildman–Crippen LogP) is 4.46. The summed E-state index contributed by atoms with van der Waals surface area (Å²) < 4.78 is 7.40. The van der Waals surface area contributed by atoms with E-state index in [0.29, 0.717) is 6.54 Å². The normalized spacial score (nSPS) is 15.1. The summed E-state index contributed by atoms with van der Waals surface area (Å²) in [7, 11) is 1.91. The lowest BCUT2D eigenvalue weighted by Gasteiger charge is -2.28. The standard InChI is InChI=1S/C19H23N3O4/c1-19(2,3)26-18(23)21-9-5-6-13(11-21)16-12-20(4)17-8-7-14(22(24)25)10-15(16)17/h7-8,10-12H,5-6,9H2,1-4H3. The third-order valence-electron chi connectivity index (χ3n) is 4.31. The number of rotatable bonds is 2. The van der Waals surface area contributed by atoms with Crippen molar-refractivity contribution < 1.29 is 14.5 Å². The van der Waals surface area contributed by atoms with E-state index < -0.39 is 10.5 Å². The molecule has 0 saturated heterocycles. The maximum Gasteiger partial charge on any atom is 0.414 e. The van der Waals surface area contributed by atoms with E-state index in [1.807, 2.05) is 44.8 Å². The topological polar surface area (TPSA) is 77.6 Å². The van der Waals surface area contributed by atoms with Crippen LogP contribution in [0.2, 0.25) is 0 Å². The van der Waals surface area contributed by atoms with Gasteiger partial charge in [-0.3, -0.25) is 15.0 Å². The Kier molecular flexibility index (Phi) is 4.48. The first kappa shape index (κ1) is 18.0. The van der Waals surface area contributed by atoms with Crippen molar-refractivity contribution in [2.75, 3.05) is 6.54 Å². The number of hydrogen-bond acceptors (Lipinski definition) is 4. The molecule has 7 nitrogen and oxygen atoms in total. The van der Waals surface area contributed by atoms with Gasteiger partial charge in [-0.05, 0) is 45.3 Å². The van der Waals surface area contributed by atoms with E-state index >= 15 is 0 Å². The summed E-state index contributed by atoms with van der Waals surface area (Å²) in [6.45, 7) is 6.11. The van der Waals surface area contributed by atoms with E-state index in [-0.39, 0.29) is 11.8 Å². The average Bonchev–Trinajstić information content (AvgIpc) is 2.90. The average molecular weight is 357 g/mol. The number of amides is 1. The Morgan fingerprint density at radius 2 is 2.04 bits per heavy atom. The molecule has 138 valence electrons. The third-order valence-corrected chi connectivity index (χ3v) is 4.31. The SMILES string of the molecule is Cn1cc(C2=CN(C(=O)OC(C)(C)C)CCC2)c2cc([N+](=O)[O-])ccc21. The van der Waals surface area contributed by atoms with Crippen LogP contribution in [0.3, 0.4) is 0 Å². The Labute approximate surface area is 152 Å². The molecule has 2 aromatic rings. The molecule has 0 radical (unpaired) electrons. The molecule has 0 unspecified atom stereocenters. The molecule has 0 aliphatic carbocycles. The van der Waals surface area contributed by atoms with Crippen molar-refractivity contribution in [2.45, 2.75) is 39.2 Å². The van der Waals surface area contributed by atoms with Crippen molar-refractivity contribution >= 4 is 28.3 Å². The smallest absolute Gasteiger partial charge is 0.414 e. The maximum absolute atomic E-state index is 12.4. The molecule has 1 aliphatic heterocycles. The van der Waals surface area contributed by atoms with Crippen LogP contribution < -0.4 is 0 Å². The summed E-state index contributed by atoms with van der Waals surface area (Å²) in [6, 6.07) is 4.86. The summed E-state index contributed by atoms with van der Waals surface area (Å²) in [5.41, 5.74) is 2.32. The fourth-order valence-electron chi connectivity index (χ4n) is 3.18. The molecule has 1 aromatic carbocycles. The van der Waals surface area contributed by atoms with Gasteiger partial charge < -0.3 is 9.30 Å². The van der Waals surface area contributed by atoms with E-state index in [2.05, 4.69) is 0 Å². The first-order valence-corrected chi connectivity index (χ1v) is 8.60. The first-order valence-electron chi connectivity index (χ1n) is 8.60. The molecular weight excluding hydrogens is 334 g/mol. The van der Waals surface area contributed by atoms with Crippen molar-refractivity contribution in [3.05, 3.63) is 46.3 Å². The van der Waals surface area contributed by atoms with Crippen LogP contribution in [-0.2, 0) is 11.8 Å². The fourth-order valence-corrected chi connectivity index (χ4v) is 3.18. The van der Waals surface area contributed by atoms with Gasteiger partial charge in [-0.25, -0.2) is 4.79 Å². The number of nitro groups is 1. The fraction of sp³-hybridized carbons (Fsp3) is 0.421. The second-order valence-electron chi connectivity index (χ2n) is 7.54. The first-order chi connectivity index (χ1) is 12.2.